The van der Waals surface area contributed by atoms with Gasteiger partial charge in [-0.2, -0.15) is 13.5 Å². The van der Waals surface area contributed by atoms with Gasteiger partial charge in [0, 0.05) is 12.6 Å². The molecule has 0 fully saturated rings. The van der Waals surface area contributed by atoms with Gasteiger partial charge in [-0.3, -0.25) is 0 Å². The molecule has 25 heavy (non-hydrogen) atoms. The van der Waals surface area contributed by atoms with Crippen molar-refractivity contribution in [2.45, 2.75) is 11.8 Å². The first-order chi connectivity index (χ1) is 11.8. The van der Waals surface area contributed by atoms with Crippen LogP contribution in [0.1, 0.15) is 16.7 Å². The van der Waals surface area contributed by atoms with Gasteiger partial charge in [0.25, 0.3) is 10.0 Å². The van der Waals surface area contributed by atoms with E-state index in [1.807, 2.05) is 13.0 Å². The minimum atomic E-state index is -3.70. The second kappa shape index (κ2) is 6.21. The van der Waals surface area contributed by atoms with Gasteiger partial charge >= 0.3 is 0 Å². The minimum Gasteiger partial charge on any atom is -0.504 e. The van der Waals surface area contributed by atoms with Crippen LogP contribution in [0.5, 0.6) is 11.5 Å². The van der Waals surface area contributed by atoms with E-state index in [0.717, 1.165) is 5.56 Å². The molecule has 0 amide bonds. The monoisotopic (exact) mass is 359 g/mol. The third-order valence-electron chi connectivity index (χ3n) is 3.75. The van der Waals surface area contributed by atoms with Crippen molar-refractivity contribution in [1.29, 1.82) is 0 Å². The molecule has 0 spiro atoms. The van der Waals surface area contributed by atoms with Crippen LogP contribution in [-0.4, -0.2) is 44.7 Å². The number of hydrogen-bond donors (Lipinski definition) is 1. The van der Waals surface area contributed by atoms with E-state index in [1.165, 1.54) is 24.4 Å². The Bertz CT molecular complexity index is 997. The third kappa shape index (κ3) is 3.20. The molecule has 0 saturated heterocycles. The molecule has 1 aliphatic heterocycles. The number of aryl methyl sites for hydroxylation is 1. The number of nitrogens with zero attached hydrogens (tertiary/aromatic N) is 3. The smallest absolute Gasteiger partial charge is 0.285 e. The summed E-state index contributed by atoms with van der Waals surface area (Å²) in [5, 5.41) is 15.3. The Hall–Kier alpha value is -2.87. The number of phenols is 1. The summed E-state index contributed by atoms with van der Waals surface area (Å²) in [5.41, 5.74) is 2.06. The maximum Gasteiger partial charge on any atom is 0.285 e. The van der Waals surface area contributed by atoms with Crippen molar-refractivity contribution < 1.29 is 18.3 Å². The second-order valence-corrected chi connectivity index (χ2v) is 7.16. The number of ether oxygens (including phenoxy) is 1. The van der Waals surface area contributed by atoms with Crippen LogP contribution >= 0.6 is 0 Å². The van der Waals surface area contributed by atoms with Crippen LogP contribution in [0.2, 0.25) is 0 Å². The van der Waals surface area contributed by atoms with E-state index in [9.17, 15) is 13.5 Å². The first-order valence-corrected chi connectivity index (χ1v) is 8.86. The van der Waals surface area contributed by atoms with Crippen molar-refractivity contribution in [2.24, 2.45) is 9.50 Å². The Kier molecular flexibility index (Phi) is 4.22. The quantitative estimate of drug-likeness (QED) is 0.669. The zero-order valence-corrected chi connectivity index (χ0v) is 14.8. The van der Waals surface area contributed by atoms with E-state index < -0.39 is 10.0 Å². The molecule has 7 nitrogen and oxygen atoms in total. The largest absolute Gasteiger partial charge is 0.504 e. The van der Waals surface area contributed by atoms with Gasteiger partial charge < -0.3 is 9.84 Å². The van der Waals surface area contributed by atoms with Crippen LogP contribution in [-0.2, 0) is 10.0 Å². The van der Waals surface area contributed by atoms with Crippen molar-refractivity contribution >= 4 is 22.1 Å². The number of benzene rings is 2. The van der Waals surface area contributed by atoms with E-state index in [-0.39, 0.29) is 16.5 Å². The summed E-state index contributed by atoms with van der Waals surface area (Å²) in [6.07, 6.45) is 1.53. The molecule has 0 saturated carbocycles. The molecule has 0 aromatic heterocycles. The standard InChI is InChI=1S/C17H17N3O4S/c1-11-4-6-13-16(8-11)25(22,23)19-17(13)20(2)18-10-12-5-7-14(21)15(9-12)24-3/h4-10,21H,1-3H3/b18-10+. The SMILES string of the molecule is COc1cc(/C=N/N(C)C2=NS(=O)(=O)c3cc(C)ccc32)ccc1O. The molecule has 8 heteroatoms. The summed E-state index contributed by atoms with van der Waals surface area (Å²) < 4.78 is 33.3. The number of methoxy groups -OCH3 is 1. The Morgan fingerprint density at radius 1 is 1.24 bits per heavy atom. The summed E-state index contributed by atoms with van der Waals surface area (Å²) in [4.78, 5) is 0.191. The van der Waals surface area contributed by atoms with E-state index in [2.05, 4.69) is 9.50 Å². The zero-order valence-electron chi connectivity index (χ0n) is 14.0. The number of sulfonamides is 1. The van der Waals surface area contributed by atoms with E-state index >= 15 is 0 Å². The fraction of sp³-hybridized carbons (Fsp3) is 0.176. The lowest BCUT2D eigenvalue weighted by atomic mass is 10.1. The number of aromatic hydroxyl groups is 1. The number of hydrogen-bond acceptors (Lipinski definition) is 6. The van der Waals surface area contributed by atoms with Crippen molar-refractivity contribution in [1.82, 2.24) is 5.01 Å². The molecule has 0 bridgehead atoms. The van der Waals surface area contributed by atoms with Gasteiger partial charge in [-0.15, -0.1) is 4.40 Å². The van der Waals surface area contributed by atoms with Crippen molar-refractivity contribution in [2.75, 3.05) is 14.2 Å². The molecule has 1 aliphatic rings. The molecule has 2 aromatic carbocycles. The van der Waals surface area contributed by atoms with Crippen LogP contribution in [0.4, 0.5) is 0 Å². The van der Waals surface area contributed by atoms with Crippen LogP contribution < -0.4 is 4.74 Å². The van der Waals surface area contributed by atoms with Gasteiger partial charge in [0.2, 0.25) is 0 Å². The number of hydrazone groups is 1. The fourth-order valence-electron chi connectivity index (χ4n) is 2.46. The topological polar surface area (TPSA) is 91.6 Å². The lowest BCUT2D eigenvalue weighted by Crippen LogP contribution is -2.21. The van der Waals surface area contributed by atoms with Gasteiger partial charge in [0.1, 0.15) is 4.90 Å². The Balaban J connectivity index is 1.91. The summed E-state index contributed by atoms with van der Waals surface area (Å²) >= 11 is 0. The summed E-state index contributed by atoms with van der Waals surface area (Å²) in [7, 11) is -0.622. The van der Waals surface area contributed by atoms with Crippen LogP contribution in [0.25, 0.3) is 0 Å². The molecule has 0 radical (unpaired) electrons. The van der Waals surface area contributed by atoms with Crippen LogP contribution in [0.3, 0.4) is 0 Å². The fourth-order valence-corrected chi connectivity index (χ4v) is 3.77. The Morgan fingerprint density at radius 2 is 2.00 bits per heavy atom. The molecular weight excluding hydrogens is 342 g/mol. The van der Waals surface area contributed by atoms with Crippen LogP contribution in [0, 0.1) is 6.92 Å². The highest BCUT2D eigenvalue weighted by atomic mass is 32.2. The van der Waals surface area contributed by atoms with Crippen molar-refractivity contribution in [3.05, 3.63) is 53.1 Å². The van der Waals surface area contributed by atoms with Crippen molar-refractivity contribution in [3.8, 4) is 11.5 Å². The maximum atomic E-state index is 12.2. The van der Waals surface area contributed by atoms with E-state index in [0.29, 0.717) is 16.9 Å². The molecule has 0 unspecified atom stereocenters. The normalized spacial score (nSPS) is 15.1. The molecule has 2 aromatic rings. The summed E-state index contributed by atoms with van der Waals surface area (Å²) in [5.74, 6) is 0.619. The Morgan fingerprint density at radius 3 is 2.72 bits per heavy atom. The first kappa shape index (κ1) is 17.0. The van der Waals surface area contributed by atoms with Gasteiger partial charge in [0.15, 0.2) is 17.3 Å². The van der Waals surface area contributed by atoms with E-state index in [1.54, 1.807) is 31.3 Å². The molecule has 0 aliphatic carbocycles. The third-order valence-corrected chi connectivity index (χ3v) is 5.06. The van der Waals surface area contributed by atoms with Crippen LogP contribution in [0.15, 0.2) is 50.8 Å². The lowest BCUT2D eigenvalue weighted by Gasteiger charge is -2.12. The number of rotatable bonds is 3. The molecular formula is C17H17N3O4S. The van der Waals surface area contributed by atoms with Crippen molar-refractivity contribution in [3.63, 3.8) is 0 Å². The van der Waals surface area contributed by atoms with Gasteiger partial charge in [-0.25, -0.2) is 5.01 Å². The zero-order chi connectivity index (χ0) is 18.2. The highest BCUT2D eigenvalue weighted by molar-refractivity contribution is 7.90. The minimum absolute atomic E-state index is 0.0311. The molecule has 1 N–H and O–H groups in total. The average molecular weight is 359 g/mol. The number of fused-ring (bicyclic) bond motifs is 1. The van der Waals surface area contributed by atoms with E-state index in [4.69, 9.17) is 4.74 Å². The molecule has 3 rings (SSSR count). The maximum absolute atomic E-state index is 12.2. The van der Waals surface area contributed by atoms with Gasteiger partial charge in [0.05, 0.1) is 13.3 Å². The predicted molar refractivity (Wildman–Crippen MR) is 94.9 cm³/mol. The predicted octanol–water partition coefficient (Wildman–Crippen LogP) is 2.12. The average Bonchev–Trinajstić information content (AvgIpc) is 2.85. The number of amidine groups is 1. The second-order valence-electron chi connectivity index (χ2n) is 5.59. The highest BCUT2D eigenvalue weighted by Crippen LogP contribution is 2.28. The lowest BCUT2D eigenvalue weighted by molar-refractivity contribution is 0.373. The highest BCUT2D eigenvalue weighted by Gasteiger charge is 2.30. The summed E-state index contributed by atoms with van der Waals surface area (Å²) in [6, 6.07) is 9.94. The molecule has 0 atom stereocenters. The Labute approximate surface area is 145 Å². The molecule has 130 valence electrons. The molecule has 1 heterocycles. The van der Waals surface area contributed by atoms with Gasteiger partial charge in [-0.1, -0.05) is 6.07 Å². The number of phenolic OH excluding ortho intramolecular Hbond substituents is 1. The first-order valence-electron chi connectivity index (χ1n) is 7.42. The summed E-state index contributed by atoms with van der Waals surface area (Å²) in [6.45, 7) is 1.83. The van der Waals surface area contributed by atoms with Gasteiger partial charge in [-0.05, 0) is 48.4 Å².